The van der Waals surface area contributed by atoms with Crippen LogP contribution in [0.3, 0.4) is 0 Å². The molecular weight excluding hydrogens is 299 g/mol. The number of thioether (sulfide) groups is 1. The van der Waals surface area contributed by atoms with Gasteiger partial charge in [0, 0.05) is 18.0 Å². The molecule has 2 atom stereocenters. The van der Waals surface area contributed by atoms with Crippen molar-refractivity contribution in [2.75, 3.05) is 0 Å². The molecule has 1 saturated carbocycles. The van der Waals surface area contributed by atoms with Crippen LogP contribution in [-0.2, 0) is 5.75 Å². The van der Waals surface area contributed by atoms with Gasteiger partial charge in [0.25, 0.3) is 0 Å². The highest BCUT2D eigenvalue weighted by Gasteiger charge is 2.24. The highest BCUT2D eigenvalue weighted by atomic mass is 32.2. The Bertz CT molecular complexity index is 643. The van der Waals surface area contributed by atoms with E-state index < -0.39 is 0 Å². The third-order valence-electron chi connectivity index (χ3n) is 4.24. The Kier molecular flexibility index (Phi) is 4.76. The van der Waals surface area contributed by atoms with Gasteiger partial charge in [-0.15, -0.1) is 10.2 Å². The van der Waals surface area contributed by atoms with Crippen molar-refractivity contribution in [3.8, 4) is 0 Å². The molecule has 6 heteroatoms. The van der Waals surface area contributed by atoms with Gasteiger partial charge in [0.05, 0.1) is 6.20 Å². The lowest BCUT2D eigenvalue weighted by molar-refractivity contribution is 0.268. The molecule has 3 rings (SSSR count). The molecule has 0 radical (unpaired) electrons. The summed E-state index contributed by atoms with van der Waals surface area (Å²) in [5.41, 5.74) is 0.870. The molecule has 0 N–H and O–H groups in total. The van der Waals surface area contributed by atoms with Gasteiger partial charge in [0.2, 0.25) is 0 Å². The number of halogens is 1. The summed E-state index contributed by atoms with van der Waals surface area (Å²) in [4.78, 5) is 3.89. The molecule has 1 aliphatic carbocycles. The van der Waals surface area contributed by atoms with E-state index >= 15 is 0 Å². The smallest absolute Gasteiger partial charge is 0.191 e. The van der Waals surface area contributed by atoms with Crippen molar-refractivity contribution in [1.82, 2.24) is 19.7 Å². The zero-order valence-corrected chi connectivity index (χ0v) is 13.8. The number of hydrogen-bond donors (Lipinski definition) is 0. The fraction of sp³-hybridized carbons (Fsp3) is 0.562. The molecule has 1 aliphatic rings. The van der Waals surface area contributed by atoms with Gasteiger partial charge in [0.1, 0.15) is 11.6 Å². The molecule has 4 nitrogen and oxygen atoms in total. The lowest BCUT2D eigenvalue weighted by atomic mass is 9.87. The maximum absolute atomic E-state index is 13.2. The SMILES string of the molecule is Cc1nnc(SCc2cncc(F)c2)n1C1CCCC(C)C1. The molecule has 2 aromatic heterocycles. The number of pyridine rings is 1. The van der Waals surface area contributed by atoms with E-state index in [0.717, 1.165) is 22.5 Å². The Morgan fingerprint density at radius 1 is 1.32 bits per heavy atom. The van der Waals surface area contributed by atoms with Gasteiger partial charge in [-0.2, -0.15) is 0 Å². The molecule has 0 aliphatic heterocycles. The maximum atomic E-state index is 13.2. The van der Waals surface area contributed by atoms with E-state index in [1.165, 1.54) is 37.9 Å². The minimum atomic E-state index is -0.295. The average molecular weight is 320 g/mol. The number of aryl methyl sites for hydroxylation is 1. The predicted molar refractivity (Wildman–Crippen MR) is 85.2 cm³/mol. The average Bonchev–Trinajstić information content (AvgIpc) is 2.86. The van der Waals surface area contributed by atoms with E-state index in [2.05, 4.69) is 26.7 Å². The third kappa shape index (κ3) is 3.48. The molecule has 0 amide bonds. The Hall–Kier alpha value is -1.43. The summed E-state index contributed by atoms with van der Waals surface area (Å²) in [6.07, 6.45) is 7.89. The molecule has 2 aromatic rings. The first-order valence-corrected chi connectivity index (χ1v) is 8.76. The molecule has 1 fully saturated rings. The topological polar surface area (TPSA) is 43.6 Å². The molecule has 2 unspecified atom stereocenters. The van der Waals surface area contributed by atoms with E-state index in [9.17, 15) is 4.39 Å². The van der Waals surface area contributed by atoms with Crippen LogP contribution in [0, 0.1) is 18.7 Å². The molecular formula is C16H21FN4S. The summed E-state index contributed by atoms with van der Waals surface area (Å²) in [6.45, 7) is 4.33. The molecule has 0 bridgehead atoms. The fourth-order valence-electron chi connectivity index (χ4n) is 3.19. The van der Waals surface area contributed by atoms with E-state index in [4.69, 9.17) is 0 Å². The van der Waals surface area contributed by atoms with Crippen molar-refractivity contribution in [1.29, 1.82) is 0 Å². The zero-order chi connectivity index (χ0) is 15.5. The molecule has 2 heterocycles. The van der Waals surface area contributed by atoms with Gasteiger partial charge in [0.15, 0.2) is 5.16 Å². The van der Waals surface area contributed by atoms with Crippen LogP contribution in [0.4, 0.5) is 4.39 Å². The summed E-state index contributed by atoms with van der Waals surface area (Å²) in [5.74, 6) is 2.09. The van der Waals surface area contributed by atoms with Gasteiger partial charge < -0.3 is 4.57 Å². The monoisotopic (exact) mass is 320 g/mol. The van der Waals surface area contributed by atoms with Crippen LogP contribution >= 0.6 is 11.8 Å². The quantitative estimate of drug-likeness (QED) is 0.793. The van der Waals surface area contributed by atoms with Gasteiger partial charge in [-0.1, -0.05) is 31.5 Å². The van der Waals surface area contributed by atoms with E-state index in [1.807, 2.05) is 6.92 Å². The minimum absolute atomic E-state index is 0.295. The van der Waals surface area contributed by atoms with Gasteiger partial charge >= 0.3 is 0 Å². The Morgan fingerprint density at radius 3 is 2.95 bits per heavy atom. The highest BCUT2D eigenvalue weighted by molar-refractivity contribution is 7.98. The number of nitrogens with zero attached hydrogens (tertiary/aromatic N) is 4. The van der Waals surface area contributed by atoms with Crippen molar-refractivity contribution in [3.05, 3.63) is 35.7 Å². The van der Waals surface area contributed by atoms with Crippen LogP contribution in [0.15, 0.2) is 23.6 Å². The predicted octanol–water partition coefficient (Wildman–Crippen LogP) is 4.16. The molecule has 0 aromatic carbocycles. The fourth-order valence-corrected chi connectivity index (χ4v) is 4.16. The second kappa shape index (κ2) is 6.77. The van der Waals surface area contributed by atoms with Gasteiger partial charge in [-0.25, -0.2) is 4.39 Å². The van der Waals surface area contributed by atoms with Gasteiger partial charge in [-0.3, -0.25) is 4.98 Å². The number of aromatic nitrogens is 4. The van der Waals surface area contributed by atoms with Crippen molar-refractivity contribution < 1.29 is 4.39 Å². The summed E-state index contributed by atoms with van der Waals surface area (Å²) in [7, 11) is 0. The largest absolute Gasteiger partial charge is 0.303 e. The first kappa shape index (κ1) is 15.5. The van der Waals surface area contributed by atoms with Crippen molar-refractivity contribution in [2.45, 2.75) is 56.5 Å². The van der Waals surface area contributed by atoms with Crippen LogP contribution in [0.2, 0.25) is 0 Å². The molecule has 118 valence electrons. The molecule has 22 heavy (non-hydrogen) atoms. The van der Waals surface area contributed by atoms with Crippen LogP contribution in [-0.4, -0.2) is 19.7 Å². The first-order valence-electron chi connectivity index (χ1n) is 7.77. The minimum Gasteiger partial charge on any atom is -0.303 e. The highest BCUT2D eigenvalue weighted by Crippen LogP contribution is 2.35. The summed E-state index contributed by atoms with van der Waals surface area (Å²) in [6, 6.07) is 2.02. The van der Waals surface area contributed by atoms with Crippen LogP contribution in [0.25, 0.3) is 0 Å². The Balaban J connectivity index is 1.74. The second-order valence-electron chi connectivity index (χ2n) is 6.13. The zero-order valence-electron chi connectivity index (χ0n) is 13.0. The lowest BCUT2D eigenvalue weighted by Crippen LogP contribution is -2.19. The summed E-state index contributed by atoms with van der Waals surface area (Å²) in [5, 5.41) is 9.50. The lowest BCUT2D eigenvalue weighted by Gasteiger charge is -2.29. The Labute approximate surface area is 134 Å². The normalized spacial score (nSPS) is 22.0. The van der Waals surface area contributed by atoms with Crippen LogP contribution < -0.4 is 0 Å². The molecule has 0 spiro atoms. The van der Waals surface area contributed by atoms with Crippen molar-refractivity contribution in [3.63, 3.8) is 0 Å². The number of rotatable bonds is 4. The number of hydrogen-bond acceptors (Lipinski definition) is 4. The van der Waals surface area contributed by atoms with Crippen LogP contribution in [0.5, 0.6) is 0 Å². The van der Waals surface area contributed by atoms with Gasteiger partial charge in [-0.05, 0) is 37.3 Å². The van der Waals surface area contributed by atoms with Crippen molar-refractivity contribution >= 4 is 11.8 Å². The summed E-state index contributed by atoms with van der Waals surface area (Å²) >= 11 is 1.61. The third-order valence-corrected chi connectivity index (χ3v) is 5.25. The van der Waals surface area contributed by atoms with E-state index in [0.29, 0.717) is 11.8 Å². The van der Waals surface area contributed by atoms with E-state index in [-0.39, 0.29) is 5.82 Å². The first-order chi connectivity index (χ1) is 10.6. The maximum Gasteiger partial charge on any atom is 0.191 e. The second-order valence-corrected chi connectivity index (χ2v) is 7.07. The van der Waals surface area contributed by atoms with Crippen molar-refractivity contribution in [2.24, 2.45) is 5.92 Å². The van der Waals surface area contributed by atoms with Crippen LogP contribution in [0.1, 0.15) is 50.0 Å². The summed E-state index contributed by atoms with van der Waals surface area (Å²) < 4.78 is 15.5. The standard InChI is InChI=1S/C16H21FN4S/c1-11-4-3-5-15(6-11)21-12(2)19-20-16(21)22-10-13-7-14(17)9-18-8-13/h7-9,11,15H,3-6,10H2,1-2H3. The Morgan fingerprint density at radius 2 is 2.18 bits per heavy atom. The van der Waals surface area contributed by atoms with E-state index in [1.54, 1.807) is 18.0 Å². The molecule has 0 saturated heterocycles.